The van der Waals surface area contributed by atoms with Gasteiger partial charge in [0.05, 0.1) is 19.3 Å². The van der Waals surface area contributed by atoms with E-state index < -0.39 is 12.5 Å². The highest BCUT2D eigenvalue weighted by Gasteiger charge is 2.28. The first-order chi connectivity index (χ1) is 11.1. The quantitative estimate of drug-likeness (QED) is 0.772. The summed E-state index contributed by atoms with van der Waals surface area (Å²) in [5.41, 5.74) is 0.737. The molecular formula is C16H22F2N2O2S. The molecule has 1 atom stereocenters. The number of morpholine rings is 1. The smallest absolute Gasteiger partial charge is 0.253 e. The number of benzene rings is 1. The standard InChI is InChI=1S/C16H22F2N2O2S/c1-12(21)19-13-2-4-14(5-3-13)23-11-6-15(16(17)18)20-7-9-22-10-8-20/h2-5,15-16H,6-11H2,1H3,(H,19,21). The van der Waals surface area contributed by atoms with Crippen LogP contribution in [0.4, 0.5) is 14.5 Å². The second kappa shape index (κ2) is 9.20. The lowest BCUT2D eigenvalue weighted by Gasteiger charge is -2.33. The average molecular weight is 344 g/mol. The van der Waals surface area contributed by atoms with E-state index in [1.807, 2.05) is 29.2 Å². The number of hydrogen-bond acceptors (Lipinski definition) is 4. The Morgan fingerprint density at radius 3 is 2.52 bits per heavy atom. The number of rotatable bonds is 7. The normalized spacial score (nSPS) is 17.2. The molecular weight excluding hydrogens is 322 g/mol. The molecule has 0 saturated carbocycles. The highest BCUT2D eigenvalue weighted by molar-refractivity contribution is 7.99. The SMILES string of the molecule is CC(=O)Nc1ccc(SCCC(C(F)F)N2CCOCC2)cc1. The van der Waals surface area contributed by atoms with Crippen molar-refractivity contribution >= 4 is 23.4 Å². The Hall–Kier alpha value is -1.18. The summed E-state index contributed by atoms with van der Waals surface area (Å²) in [6.07, 6.45) is -1.90. The summed E-state index contributed by atoms with van der Waals surface area (Å²) in [5, 5.41) is 2.70. The van der Waals surface area contributed by atoms with Crippen LogP contribution in [0.15, 0.2) is 29.2 Å². The van der Waals surface area contributed by atoms with Gasteiger partial charge >= 0.3 is 0 Å². The second-order valence-electron chi connectivity index (χ2n) is 5.39. The summed E-state index contributed by atoms with van der Waals surface area (Å²) >= 11 is 1.55. The van der Waals surface area contributed by atoms with E-state index in [2.05, 4.69) is 5.32 Å². The highest BCUT2D eigenvalue weighted by atomic mass is 32.2. The molecule has 0 aliphatic carbocycles. The molecule has 1 aliphatic heterocycles. The van der Waals surface area contributed by atoms with Crippen LogP contribution in [-0.2, 0) is 9.53 Å². The minimum atomic E-state index is -2.34. The van der Waals surface area contributed by atoms with Crippen LogP contribution in [0.25, 0.3) is 0 Å². The lowest BCUT2D eigenvalue weighted by Crippen LogP contribution is -2.47. The number of carbonyl (C=O) groups is 1. The van der Waals surface area contributed by atoms with Crippen LogP contribution < -0.4 is 5.32 Å². The van der Waals surface area contributed by atoms with Gasteiger partial charge in [-0.15, -0.1) is 11.8 Å². The monoisotopic (exact) mass is 344 g/mol. The van der Waals surface area contributed by atoms with Gasteiger partial charge in [-0.05, 0) is 36.4 Å². The summed E-state index contributed by atoms with van der Waals surface area (Å²) in [5.74, 6) is 0.516. The minimum Gasteiger partial charge on any atom is -0.379 e. The summed E-state index contributed by atoms with van der Waals surface area (Å²) in [7, 11) is 0. The first-order valence-corrected chi connectivity index (χ1v) is 8.65. The van der Waals surface area contributed by atoms with Crippen molar-refractivity contribution in [1.82, 2.24) is 4.90 Å². The highest BCUT2D eigenvalue weighted by Crippen LogP contribution is 2.24. The molecule has 4 nitrogen and oxygen atoms in total. The molecule has 1 aliphatic rings. The molecule has 1 aromatic carbocycles. The summed E-state index contributed by atoms with van der Waals surface area (Å²) in [6, 6.07) is 6.71. The molecule has 1 heterocycles. The van der Waals surface area contributed by atoms with Crippen molar-refractivity contribution in [3.05, 3.63) is 24.3 Å². The van der Waals surface area contributed by atoms with E-state index in [1.165, 1.54) is 6.92 Å². The summed E-state index contributed by atoms with van der Waals surface area (Å²) in [6.45, 7) is 3.66. The van der Waals surface area contributed by atoms with E-state index in [9.17, 15) is 13.6 Å². The molecule has 23 heavy (non-hydrogen) atoms. The molecule has 2 rings (SSSR count). The third kappa shape index (κ3) is 6.08. The Morgan fingerprint density at radius 1 is 1.30 bits per heavy atom. The molecule has 1 fully saturated rings. The van der Waals surface area contributed by atoms with Gasteiger partial charge in [0.25, 0.3) is 6.43 Å². The Labute approximate surface area is 139 Å². The van der Waals surface area contributed by atoms with Crippen LogP contribution in [0.3, 0.4) is 0 Å². The fourth-order valence-electron chi connectivity index (χ4n) is 2.51. The van der Waals surface area contributed by atoms with Gasteiger partial charge in [0.15, 0.2) is 0 Å². The third-order valence-corrected chi connectivity index (χ3v) is 4.71. The van der Waals surface area contributed by atoms with Crippen LogP contribution in [0.2, 0.25) is 0 Å². The lowest BCUT2D eigenvalue weighted by atomic mass is 10.2. The summed E-state index contributed by atoms with van der Waals surface area (Å²) < 4.78 is 31.7. The second-order valence-corrected chi connectivity index (χ2v) is 6.56. The number of carbonyl (C=O) groups excluding carboxylic acids is 1. The van der Waals surface area contributed by atoms with E-state index >= 15 is 0 Å². The van der Waals surface area contributed by atoms with E-state index in [0.717, 1.165) is 10.6 Å². The number of amides is 1. The van der Waals surface area contributed by atoms with Gasteiger partial charge in [0.1, 0.15) is 0 Å². The maximum absolute atomic E-state index is 13.3. The fourth-order valence-corrected chi connectivity index (χ4v) is 3.44. The van der Waals surface area contributed by atoms with Gasteiger partial charge in [-0.25, -0.2) is 8.78 Å². The molecule has 1 aromatic rings. The van der Waals surface area contributed by atoms with Crippen LogP contribution in [-0.4, -0.2) is 55.3 Å². The van der Waals surface area contributed by atoms with Gasteiger partial charge in [-0.3, -0.25) is 9.69 Å². The summed E-state index contributed by atoms with van der Waals surface area (Å²) in [4.78, 5) is 13.8. The zero-order chi connectivity index (χ0) is 16.7. The molecule has 0 radical (unpaired) electrons. The molecule has 0 spiro atoms. The van der Waals surface area contributed by atoms with Crippen LogP contribution in [0.5, 0.6) is 0 Å². The third-order valence-electron chi connectivity index (χ3n) is 3.66. The maximum atomic E-state index is 13.3. The van der Waals surface area contributed by atoms with Gasteiger partial charge < -0.3 is 10.1 Å². The Kier molecular flexibility index (Phi) is 7.26. The average Bonchev–Trinajstić information content (AvgIpc) is 2.53. The predicted octanol–water partition coefficient (Wildman–Crippen LogP) is 3.09. The van der Waals surface area contributed by atoms with Crippen LogP contribution >= 0.6 is 11.8 Å². The van der Waals surface area contributed by atoms with Crippen molar-refractivity contribution < 1.29 is 18.3 Å². The topological polar surface area (TPSA) is 41.6 Å². The van der Waals surface area contributed by atoms with E-state index in [4.69, 9.17) is 4.74 Å². The molecule has 1 amide bonds. The lowest BCUT2D eigenvalue weighted by molar-refractivity contribution is -0.114. The van der Waals surface area contributed by atoms with E-state index in [1.54, 1.807) is 11.8 Å². The number of nitrogens with one attached hydrogen (secondary N) is 1. The number of alkyl halides is 2. The van der Waals surface area contributed by atoms with Gasteiger partial charge in [-0.2, -0.15) is 0 Å². The molecule has 1 unspecified atom stereocenters. The molecule has 0 aromatic heterocycles. The van der Waals surface area contributed by atoms with E-state index in [-0.39, 0.29) is 5.91 Å². The zero-order valence-electron chi connectivity index (χ0n) is 13.1. The Balaban J connectivity index is 1.80. The number of hydrogen-bond donors (Lipinski definition) is 1. The van der Waals surface area contributed by atoms with Crippen molar-refractivity contribution in [3.8, 4) is 0 Å². The number of ether oxygens (including phenoxy) is 1. The van der Waals surface area contributed by atoms with Crippen molar-refractivity contribution in [1.29, 1.82) is 0 Å². The number of halogens is 2. The first-order valence-electron chi connectivity index (χ1n) is 7.66. The first kappa shape index (κ1) is 18.2. The number of anilines is 1. The number of thioether (sulfide) groups is 1. The van der Waals surface area contributed by atoms with Gasteiger partial charge in [0, 0.05) is 30.6 Å². The predicted molar refractivity (Wildman–Crippen MR) is 88.3 cm³/mol. The van der Waals surface area contributed by atoms with E-state index in [0.29, 0.717) is 38.5 Å². The Morgan fingerprint density at radius 2 is 1.96 bits per heavy atom. The fraction of sp³-hybridized carbons (Fsp3) is 0.562. The van der Waals surface area contributed by atoms with Gasteiger partial charge in [-0.1, -0.05) is 0 Å². The van der Waals surface area contributed by atoms with Crippen molar-refractivity contribution in [3.63, 3.8) is 0 Å². The maximum Gasteiger partial charge on any atom is 0.253 e. The van der Waals surface area contributed by atoms with Crippen molar-refractivity contribution in [2.75, 3.05) is 37.4 Å². The molecule has 128 valence electrons. The molecule has 1 saturated heterocycles. The molecule has 1 N–H and O–H groups in total. The van der Waals surface area contributed by atoms with Crippen LogP contribution in [0.1, 0.15) is 13.3 Å². The van der Waals surface area contributed by atoms with Crippen molar-refractivity contribution in [2.45, 2.75) is 30.7 Å². The Bertz CT molecular complexity index is 493. The zero-order valence-corrected chi connectivity index (χ0v) is 14.0. The van der Waals surface area contributed by atoms with Crippen LogP contribution in [0, 0.1) is 0 Å². The van der Waals surface area contributed by atoms with Gasteiger partial charge in [0.2, 0.25) is 5.91 Å². The largest absolute Gasteiger partial charge is 0.379 e. The molecule has 0 bridgehead atoms. The minimum absolute atomic E-state index is 0.115. The van der Waals surface area contributed by atoms with Crippen molar-refractivity contribution in [2.24, 2.45) is 0 Å². The molecule has 7 heteroatoms. The number of nitrogens with zero attached hydrogens (tertiary/aromatic N) is 1.